The van der Waals surface area contributed by atoms with Gasteiger partial charge in [0.05, 0.1) is 4.90 Å². The second-order valence-electron chi connectivity index (χ2n) is 7.14. The van der Waals surface area contributed by atoms with Crippen LogP contribution >= 0.6 is 0 Å². The second kappa shape index (κ2) is 9.82. The van der Waals surface area contributed by atoms with Gasteiger partial charge < -0.3 is 10.2 Å². The van der Waals surface area contributed by atoms with Crippen LogP contribution in [-0.2, 0) is 23.1 Å². The van der Waals surface area contributed by atoms with Gasteiger partial charge in [-0.25, -0.2) is 13.1 Å². The van der Waals surface area contributed by atoms with Gasteiger partial charge in [-0.05, 0) is 62.8 Å². The Morgan fingerprint density at radius 3 is 2.21 bits per heavy atom. The van der Waals surface area contributed by atoms with E-state index < -0.39 is 10.0 Å². The monoisotopic (exact) mass is 403 g/mol. The molecule has 0 saturated heterocycles. The lowest BCUT2D eigenvalue weighted by atomic mass is 10.1. The van der Waals surface area contributed by atoms with Crippen molar-refractivity contribution in [1.29, 1.82) is 0 Å². The molecule has 0 bridgehead atoms. The minimum Gasteiger partial charge on any atom is -0.348 e. The van der Waals surface area contributed by atoms with E-state index in [1.54, 1.807) is 0 Å². The summed E-state index contributed by atoms with van der Waals surface area (Å²) in [5.74, 6) is -0.238. The summed E-state index contributed by atoms with van der Waals surface area (Å²) in [7, 11) is 0.429. The van der Waals surface area contributed by atoms with Crippen LogP contribution in [0.4, 0.5) is 0 Å². The summed E-state index contributed by atoms with van der Waals surface area (Å²) in [5, 5.41) is 2.91. The molecule has 0 aliphatic heterocycles. The second-order valence-corrected chi connectivity index (χ2v) is 8.86. The average molecular weight is 404 g/mol. The van der Waals surface area contributed by atoms with Crippen molar-refractivity contribution >= 4 is 15.9 Å². The molecule has 0 radical (unpaired) electrons. The molecule has 1 atom stereocenters. The number of benzene rings is 2. The van der Waals surface area contributed by atoms with E-state index in [2.05, 4.69) is 14.9 Å². The van der Waals surface area contributed by atoms with Gasteiger partial charge in [0.15, 0.2) is 0 Å². The lowest BCUT2D eigenvalue weighted by Crippen LogP contribution is -2.32. The van der Waals surface area contributed by atoms with Crippen molar-refractivity contribution in [2.75, 3.05) is 14.1 Å². The zero-order valence-electron chi connectivity index (χ0n) is 16.9. The summed E-state index contributed by atoms with van der Waals surface area (Å²) in [6.07, 6.45) is 0.703. The van der Waals surface area contributed by atoms with Crippen molar-refractivity contribution < 1.29 is 13.2 Å². The summed E-state index contributed by atoms with van der Waals surface area (Å²) in [4.78, 5) is 14.7. The Morgan fingerprint density at radius 1 is 1.04 bits per heavy atom. The van der Waals surface area contributed by atoms with Crippen molar-refractivity contribution in [2.24, 2.45) is 0 Å². The molecule has 0 heterocycles. The number of nitrogens with one attached hydrogen (secondary N) is 2. The Morgan fingerprint density at radius 2 is 1.64 bits per heavy atom. The number of amides is 1. The van der Waals surface area contributed by atoms with Gasteiger partial charge in [-0.15, -0.1) is 0 Å². The van der Waals surface area contributed by atoms with Crippen LogP contribution < -0.4 is 10.0 Å². The Kier molecular flexibility index (Phi) is 7.74. The van der Waals surface area contributed by atoms with Crippen molar-refractivity contribution in [3.8, 4) is 0 Å². The standard InChI is InChI=1S/C21H29N3O3S/c1-5-16(2)23-28(26,27)20-12-10-17(11-13-20)21(25)22-14-18-8-6-7-9-19(18)15-24(3)4/h6-13,16,23H,5,14-15H2,1-4H3,(H,22,25)/t16-/m0/s1. The molecular weight excluding hydrogens is 374 g/mol. The molecule has 0 aromatic heterocycles. The van der Waals surface area contributed by atoms with Gasteiger partial charge in [-0.3, -0.25) is 4.79 Å². The maximum atomic E-state index is 12.4. The Bertz CT molecular complexity index is 893. The molecule has 0 aliphatic carbocycles. The van der Waals surface area contributed by atoms with Crippen LogP contribution in [0.25, 0.3) is 0 Å². The molecule has 0 saturated carbocycles. The third-order valence-electron chi connectivity index (χ3n) is 4.44. The number of carbonyl (C=O) groups excluding carboxylic acids is 1. The van der Waals surface area contributed by atoms with E-state index in [0.717, 1.165) is 17.7 Å². The molecule has 2 aromatic rings. The van der Waals surface area contributed by atoms with Crippen LogP contribution in [0.1, 0.15) is 41.8 Å². The predicted octanol–water partition coefficient (Wildman–Crippen LogP) is 2.76. The van der Waals surface area contributed by atoms with E-state index >= 15 is 0 Å². The van der Waals surface area contributed by atoms with Crippen LogP contribution in [0, 0.1) is 0 Å². The van der Waals surface area contributed by atoms with Crippen LogP contribution in [0.5, 0.6) is 0 Å². The molecule has 152 valence electrons. The number of sulfonamides is 1. The molecule has 7 heteroatoms. The minimum absolute atomic E-state index is 0.143. The van der Waals surface area contributed by atoms with E-state index in [1.807, 2.05) is 52.2 Å². The first-order chi connectivity index (χ1) is 13.2. The summed E-state index contributed by atoms with van der Waals surface area (Å²) < 4.78 is 27.2. The van der Waals surface area contributed by atoms with Crippen molar-refractivity contribution in [1.82, 2.24) is 14.9 Å². The maximum Gasteiger partial charge on any atom is 0.251 e. The highest BCUT2D eigenvalue weighted by Gasteiger charge is 2.17. The average Bonchev–Trinajstić information content (AvgIpc) is 2.66. The van der Waals surface area contributed by atoms with Gasteiger partial charge >= 0.3 is 0 Å². The Labute approximate surface area is 168 Å². The Hall–Kier alpha value is -2.22. The summed E-state index contributed by atoms with van der Waals surface area (Å²) >= 11 is 0. The molecular formula is C21H29N3O3S. The Balaban J connectivity index is 2.04. The van der Waals surface area contributed by atoms with Gasteiger partial charge in [-0.1, -0.05) is 31.2 Å². The number of carbonyl (C=O) groups is 1. The lowest BCUT2D eigenvalue weighted by molar-refractivity contribution is 0.0950. The number of hydrogen-bond acceptors (Lipinski definition) is 4. The molecule has 6 nitrogen and oxygen atoms in total. The van der Waals surface area contributed by atoms with Gasteiger partial charge in [0.25, 0.3) is 5.91 Å². The number of nitrogens with zero attached hydrogens (tertiary/aromatic N) is 1. The zero-order chi connectivity index (χ0) is 20.7. The lowest BCUT2D eigenvalue weighted by Gasteiger charge is -2.15. The highest BCUT2D eigenvalue weighted by Crippen LogP contribution is 2.13. The minimum atomic E-state index is -3.57. The fourth-order valence-corrected chi connectivity index (χ4v) is 4.03. The van der Waals surface area contributed by atoms with E-state index in [1.165, 1.54) is 24.3 Å². The summed E-state index contributed by atoms with van der Waals surface area (Å²) in [6, 6.07) is 13.8. The van der Waals surface area contributed by atoms with E-state index in [-0.39, 0.29) is 16.8 Å². The molecule has 0 fully saturated rings. The largest absolute Gasteiger partial charge is 0.348 e. The molecule has 2 aromatic carbocycles. The van der Waals surface area contributed by atoms with E-state index in [0.29, 0.717) is 18.5 Å². The van der Waals surface area contributed by atoms with Crippen LogP contribution in [0.2, 0.25) is 0 Å². The van der Waals surface area contributed by atoms with Crippen molar-refractivity contribution in [3.63, 3.8) is 0 Å². The smallest absolute Gasteiger partial charge is 0.251 e. The molecule has 2 rings (SSSR count). The molecule has 0 spiro atoms. The highest BCUT2D eigenvalue weighted by molar-refractivity contribution is 7.89. The van der Waals surface area contributed by atoms with Crippen LogP contribution in [0.3, 0.4) is 0 Å². The van der Waals surface area contributed by atoms with Gasteiger partial charge in [0.1, 0.15) is 0 Å². The van der Waals surface area contributed by atoms with Gasteiger partial charge in [-0.2, -0.15) is 0 Å². The van der Waals surface area contributed by atoms with E-state index in [9.17, 15) is 13.2 Å². The van der Waals surface area contributed by atoms with Crippen molar-refractivity contribution in [3.05, 3.63) is 65.2 Å². The number of hydrogen-bond donors (Lipinski definition) is 2. The first kappa shape index (κ1) is 22.1. The SMILES string of the molecule is CC[C@H](C)NS(=O)(=O)c1ccc(C(=O)NCc2ccccc2CN(C)C)cc1. The topological polar surface area (TPSA) is 78.5 Å². The van der Waals surface area contributed by atoms with Crippen LogP contribution in [0.15, 0.2) is 53.4 Å². The molecule has 1 amide bonds. The fraction of sp³-hybridized carbons (Fsp3) is 0.381. The molecule has 0 aliphatic rings. The van der Waals surface area contributed by atoms with Gasteiger partial charge in [0.2, 0.25) is 10.0 Å². The zero-order valence-corrected chi connectivity index (χ0v) is 17.7. The summed E-state index contributed by atoms with van der Waals surface area (Å²) in [6.45, 7) is 4.94. The third kappa shape index (κ3) is 6.15. The quantitative estimate of drug-likeness (QED) is 0.675. The van der Waals surface area contributed by atoms with E-state index in [4.69, 9.17) is 0 Å². The number of rotatable bonds is 9. The van der Waals surface area contributed by atoms with Crippen LogP contribution in [-0.4, -0.2) is 39.4 Å². The molecule has 28 heavy (non-hydrogen) atoms. The molecule has 0 unspecified atom stereocenters. The normalized spacial score (nSPS) is 12.8. The summed E-state index contributed by atoms with van der Waals surface area (Å²) in [5.41, 5.74) is 2.64. The predicted molar refractivity (Wildman–Crippen MR) is 112 cm³/mol. The third-order valence-corrected chi connectivity index (χ3v) is 6.05. The molecule has 2 N–H and O–H groups in total. The van der Waals surface area contributed by atoms with Gasteiger partial charge in [0, 0.05) is 24.7 Å². The first-order valence-corrected chi connectivity index (χ1v) is 10.8. The highest BCUT2D eigenvalue weighted by atomic mass is 32.2. The maximum absolute atomic E-state index is 12.4. The fourth-order valence-electron chi connectivity index (χ4n) is 2.70. The van der Waals surface area contributed by atoms with Crippen molar-refractivity contribution in [2.45, 2.75) is 44.3 Å². The first-order valence-electron chi connectivity index (χ1n) is 9.35.